The summed E-state index contributed by atoms with van der Waals surface area (Å²) in [4.78, 5) is 23.3. The molecule has 2 N–H and O–H groups in total. The van der Waals surface area contributed by atoms with Crippen LogP contribution in [0.3, 0.4) is 0 Å². The number of carbonyl (C=O) groups is 2. The van der Waals surface area contributed by atoms with E-state index in [2.05, 4.69) is 34.9 Å². The van der Waals surface area contributed by atoms with Gasteiger partial charge in [-0.25, -0.2) is 4.79 Å². The van der Waals surface area contributed by atoms with Gasteiger partial charge in [0.1, 0.15) is 5.75 Å². The van der Waals surface area contributed by atoms with Crippen LogP contribution in [0.4, 0.5) is 0 Å². The van der Waals surface area contributed by atoms with Crippen LogP contribution in [-0.4, -0.2) is 30.2 Å². The maximum absolute atomic E-state index is 11.7. The van der Waals surface area contributed by atoms with Crippen LogP contribution in [0.2, 0.25) is 0 Å². The molecule has 4 rings (SSSR count). The number of amides is 1. The minimum absolute atomic E-state index is 0.139. The Balaban J connectivity index is 1.86. The Bertz CT molecular complexity index is 1100. The summed E-state index contributed by atoms with van der Waals surface area (Å²) in [6, 6.07) is 16.4. The molecule has 168 valence electrons. The molecule has 1 aliphatic carbocycles. The topological polar surface area (TPSA) is 83.6 Å². The molecule has 0 saturated carbocycles. The van der Waals surface area contributed by atoms with Gasteiger partial charge in [-0.2, -0.15) is 0 Å². The quantitative estimate of drug-likeness (QED) is 0.423. The average Bonchev–Trinajstić information content (AvgIpc) is 2.96. The zero-order valence-electron chi connectivity index (χ0n) is 18.5. The Hall–Kier alpha value is -3.28. The van der Waals surface area contributed by atoms with Gasteiger partial charge in [-0.3, -0.25) is 4.79 Å². The molecule has 1 amide bonds. The van der Waals surface area contributed by atoms with Crippen molar-refractivity contribution in [2.24, 2.45) is 5.73 Å². The second-order valence-electron chi connectivity index (χ2n) is 8.39. The van der Waals surface area contributed by atoms with Gasteiger partial charge in [0.05, 0.1) is 12.6 Å². The fraction of sp³-hybridized carbons (Fsp3) is 0.385. The van der Waals surface area contributed by atoms with E-state index in [4.69, 9.17) is 15.2 Å². The number of primary amides is 1. The number of hydrogen-bond acceptors (Lipinski definition) is 4. The third kappa shape index (κ3) is 4.64. The lowest BCUT2D eigenvalue weighted by Gasteiger charge is -2.17. The van der Waals surface area contributed by atoms with Crippen molar-refractivity contribution in [1.82, 2.24) is 4.57 Å². The molecule has 0 aliphatic heterocycles. The van der Waals surface area contributed by atoms with Crippen molar-refractivity contribution in [2.75, 3.05) is 13.7 Å². The predicted molar refractivity (Wildman–Crippen MR) is 124 cm³/mol. The van der Waals surface area contributed by atoms with Crippen LogP contribution in [0.5, 0.6) is 5.75 Å². The summed E-state index contributed by atoms with van der Waals surface area (Å²) in [5.74, 6) is 0.220. The molecule has 2 aromatic carbocycles. The van der Waals surface area contributed by atoms with Crippen molar-refractivity contribution in [3.63, 3.8) is 0 Å². The molecule has 1 atom stereocenters. The maximum Gasteiger partial charge on any atom is 0.343 e. The molecular formula is C26H30N2O4. The Morgan fingerprint density at radius 1 is 1.09 bits per heavy atom. The molecule has 1 aromatic heterocycles. The van der Waals surface area contributed by atoms with Gasteiger partial charge in [-0.15, -0.1) is 0 Å². The summed E-state index contributed by atoms with van der Waals surface area (Å²) in [7, 11) is 1.36. The van der Waals surface area contributed by atoms with Crippen LogP contribution < -0.4 is 10.5 Å². The largest absolute Gasteiger partial charge is 0.481 e. The zero-order chi connectivity index (χ0) is 22.5. The van der Waals surface area contributed by atoms with Crippen LogP contribution in [0.1, 0.15) is 54.8 Å². The Morgan fingerprint density at radius 3 is 2.66 bits per heavy atom. The van der Waals surface area contributed by atoms with Gasteiger partial charge in [-0.1, -0.05) is 42.8 Å². The fourth-order valence-corrected chi connectivity index (χ4v) is 4.85. The molecule has 0 saturated heterocycles. The lowest BCUT2D eigenvalue weighted by atomic mass is 9.89. The van der Waals surface area contributed by atoms with Crippen molar-refractivity contribution in [1.29, 1.82) is 0 Å². The number of methoxy groups -OCH3 is 1. The maximum atomic E-state index is 11.7. The summed E-state index contributed by atoms with van der Waals surface area (Å²) >= 11 is 0. The van der Waals surface area contributed by atoms with Gasteiger partial charge >= 0.3 is 5.97 Å². The number of rotatable bonds is 8. The fourth-order valence-electron chi connectivity index (χ4n) is 4.85. The predicted octanol–water partition coefficient (Wildman–Crippen LogP) is 4.32. The summed E-state index contributed by atoms with van der Waals surface area (Å²) < 4.78 is 13.1. The molecule has 1 aliphatic rings. The summed E-state index contributed by atoms with van der Waals surface area (Å²) in [5.41, 5.74) is 10.4. The van der Waals surface area contributed by atoms with Crippen molar-refractivity contribution in [3.05, 3.63) is 65.4 Å². The molecule has 1 unspecified atom stereocenters. The smallest absolute Gasteiger partial charge is 0.343 e. The molecule has 0 spiro atoms. The number of esters is 1. The Kier molecular flexibility index (Phi) is 6.78. The molecular weight excluding hydrogens is 404 g/mol. The van der Waals surface area contributed by atoms with Gasteiger partial charge < -0.3 is 19.8 Å². The third-order valence-electron chi connectivity index (χ3n) is 6.32. The summed E-state index contributed by atoms with van der Waals surface area (Å²) in [6.45, 7) is 0.621. The first kappa shape index (κ1) is 21.9. The SMILES string of the molecule is COC(=O)COc1cccc2c1c1c(n2Cc2ccccc2)CCCCC1CCC(N)=O. The molecule has 6 nitrogen and oxygen atoms in total. The molecule has 3 aromatic rings. The first-order valence-electron chi connectivity index (χ1n) is 11.2. The van der Waals surface area contributed by atoms with Crippen LogP contribution in [-0.2, 0) is 27.3 Å². The van der Waals surface area contributed by atoms with E-state index >= 15 is 0 Å². The number of hydrogen-bond donors (Lipinski definition) is 1. The van der Waals surface area contributed by atoms with Gasteiger partial charge in [0.2, 0.25) is 5.91 Å². The van der Waals surface area contributed by atoms with E-state index in [1.807, 2.05) is 18.2 Å². The first-order chi connectivity index (χ1) is 15.6. The summed E-state index contributed by atoms with van der Waals surface area (Å²) in [5, 5.41) is 1.04. The van der Waals surface area contributed by atoms with Crippen molar-refractivity contribution in [3.8, 4) is 5.75 Å². The number of ether oxygens (including phenoxy) is 2. The third-order valence-corrected chi connectivity index (χ3v) is 6.32. The van der Waals surface area contributed by atoms with E-state index in [0.717, 1.165) is 49.6 Å². The summed E-state index contributed by atoms with van der Waals surface area (Å²) in [6.07, 6.45) is 5.27. The highest BCUT2D eigenvalue weighted by Gasteiger charge is 2.28. The number of fused-ring (bicyclic) bond motifs is 3. The number of aromatic nitrogens is 1. The van der Waals surface area contributed by atoms with E-state index in [9.17, 15) is 9.59 Å². The van der Waals surface area contributed by atoms with Gasteiger partial charge in [0, 0.05) is 24.0 Å². The van der Waals surface area contributed by atoms with Crippen LogP contribution in [0.25, 0.3) is 10.9 Å². The van der Waals surface area contributed by atoms with Crippen molar-refractivity contribution >= 4 is 22.8 Å². The second-order valence-corrected chi connectivity index (χ2v) is 8.39. The average molecular weight is 435 g/mol. The van der Waals surface area contributed by atoms with Crippen LogP contribution in [0, 0.1) is 0 Å². The second kappa shape index (κ2) is 9.90. The minimum Gasteiger partial charge on any atom is -0.481 e. The number of carbonyl (C=O) groups excluding carboxylic acids is 2. The van der Waals surface area contributed by atoms with E-state index in [0.29, 0.717) is 12.2 Å². The standard InChI is InChI=1S/C26H30N2O4/c1-31-24(30)17-32-22-13-7-12-21-26(22)25-19(14-15-23(27)29)10-5-6-11-20(25)28(21)16-18-8-3-2-4-9-18/h2-4,7-9,12-13,19H,5-6,10-11,14-17H2,1H3,(H2,27,29). The number of nitrogens with two attached hydrogens (primary N) is 1. The Labute approximate surface area is 188 Å². The highest BCUT2D eigenvalue weighted by Crippen LogP contribution is 2.44. The molecule has 1 heterocycles. The number of benzene rings is 2. The zero-order valence-corrected chi connectivity index (χ0v) is 18.5. The van der Waals surface area contributed by atoms with E-state index in [1.54, 1.807) is 0 Å². The van der Waals surface area contributed by atoms with E-state index in [1.165, 1.54) is 23.9 Å². The molecule has 0 fully saturated rings. The monoisotopic (exact) mass is 434 g/mol. The lowest BCUT2D eigenvalue weighted by molar-refractivity contribution is -0.142. The Morgan fingerprint density at radius 2 is 1.91 bits per heavy atom. The highest BCUT2D eigenvalue weighted by molar-refractivity contribution is 5.92. The number of nitrogens with zero attached hydrogens (tertiary/aromatic N) is 1. The van der Waals surface area contributed by atoms with Gasteiger partial charge in [0.15, 0.2) is 6.61 Å². The molecule has 0 radical (unpaired) electrons. The highest BCUT2D eigenvalue weighted by atomic mass is 16.6. The molecule has 32 heavy (non-hydrogen) atoms. The van der Waals surface area contributed by atoms with Crippen LogP contribution in [0.15, 0.2) is 48.5 Å². The normalized spacial score (nSPS) is 15.7. The van der Waals surface area contributed by atoms with E-state index in [-0.39, 0.29) is 18.4 Å². The van der Waals surface area contributed by atoms with Crippen LogP contribution >= 0.6 is 0 Å². The molecule has 6 heteroatoms. The molecule has 0 bridgehead atoms. The van der Waals surface area contributed by atoms with Crippen molar-refractivity contribution < 1.29 is 19.1 Å². The van der Waals surface area contributed by atoms with E-state index < -0.39 is 5.97 Å². The van der Waals surface area contributed by atoms with Gasteiger partial charge in [0.25, 0.3) is 0 Å². The lowest BCUT2D eigenvalue weighted by Crippen LogP contribution is -2.13. The van der Waals surface area contributed by atoms with Crippen molar-refractivity contribution in [2.45, 2.75) is 51.0 Å². The minimum atomic E-state index is -0.415. The first-order valence-corrected chi connectivity index (χ1v) is 11.2. The van der Waals surface area contributed by atoms with Gasteiger partial charge in [-0.05, 0) is 54.9 Å².